The van der Waals surface area contributed by atoms with Gasteiger partial charge in [0.2, 0.25) is 11.8 Å². The summed E-state index contributed by atoms with van der Waals surface area (Å²) in [5.74, 6) is -0.237. The first kappa shape index (κ1) is 12.6. The Balaban J connectivity index is 1.81. The quantitative estimate of drug-likeness (QED) is 0.788. The average Bonchev–Trinajstić information content (AvgIpc) is 2.96. The average molecular weight is 264 g/mol. The number of urea groups is 1. The molecule has 19 heavy (non-hydrogen) atoms. The van der Waals surface area contributed by atoms with Crippen LogP contribution in [0.4, 0.5) is 4.79 Å². The lowest BCUT2D eigenvalue weighted by molar-refractivity contribution is -0.145. The molecule has 1 heterocycles. The van der Waals surface area contributed by atoms with Gasteiger partial charge in [0.15, 0.2) is 0 Å². The van der Waals surface area contributed by atoms with E-state index in [0.29, 0.717) is 18.3 Å². The largest absolute Gasteiger partial charge is 0.331 e. The number of nitrogens with zero attached hydrogens (tertiary/aromatic N) is 1. The molecule has 0 aromatic heterocycles. The Bertz CT molecular complexity index is 434. The summed E-state index contributed by atoms with van der Waals surface area (Å²) < 4.78 is 0. The summed E-state index contributed by atoms with van der Waals surface area (Å²) in [5, 5.41) is 2.36. The summed E-state index contributed by atoms with van der Waals surface area (Å²) >= 11 is 0. The molecular weight excluding hydrogens is 244 g/mol. The van der Waals surface area contributed by atoms with Gasteiger partial charge in [-0.3, -0.25) is 19.8 Å². The lowest BCUT2D eigenvalue weighted by Crippen LogP contribution is -2.61. The van der Waals surface area contributed by atoms with Crippen molar-refractivity contribution in [3.63, 3.8) is 0 Å². The molecule has 1 aliphatic heterocycles. The zero-order valence-corrected chi connectivity index (χ0v) is 11.2. The van der Waals surface area contributed by atoms with Gasteiger partial charge in [-0.05, 0) is 37.5 Å². The molecule has 1 N–H and O–H groups in total. The number of amides is 4. The molecule has 104 valence electrons. The molecule has 5 heteroatoms. The van der Waals surface area contributed by atoms with Crippen molar-refractivity contribution in [3.05, 3.63) is 0 Å². The van der Waals surface area contributed by atoms with Gasteiger partial charge >= 0.3 is 6.03 Å². The van der Waals surface area contributed by atoms with Crippen LogP contribution in [-0.4, -0.2) is 28.8 Å². The van der Waals surface area contributed by atoms with Crippen LogP contribution in [-0.2, 0) is 9.59 Å². The first-order chi connectivity index (χ1) is 9.11. The van der Waals surface area contributed by atoms with Gasteiger partial charge in [0, 0.05) is 6.04 Å². The molecule has 0 spiro atoms. The first-order valence-electron chi connectivity index (χ1n) is 7.29. The lowest BCUT2D eigenvalue weighted by Gasteiger charge is -2.37. The normalized spacial score (nSPS) is 37.9. The molecule has 4 atom stereocenters. The zero-order valence-electron chi connectivity index (χ0n) is 11.2. The Morgan fingerprint density at radius 1 is 1.21 bits per heavy atom. The molecule has 3 fully saturated rings. The van der Waals surface area contributed by atoms with Gasteiger partial charge in [0.25, 0.3) is 0 Å². The predicted molar refractivity (Wildman–Crippen MR) is 68.0 cm³/mol. The minimum Gasteiger partial charge on any atom is -0.277 e. The number of imide groups is 2. The van der Waals surface area contributed by atoms with E-state index in [1.165, 1.54) is 11.3 Å². The maximum absolute atomic E-state index is 12.4. The van der Waals surface area contributed by atoms with E-state index in [4.69, 9.17) is 0 Å². The van der Waals surface area contributed by atoms with E-state index in [0.717, 1.165) is 25.7 Å². The predicted octanol–water partition coefficient (Wildman–Crippen LogP) is 1.67. The van der Waals surface area contributed by atoms with Gasteiger partial charge in [0.05, 0.1) is 0 Å². The van der Waals surface area contributed by atoms with E-state index in [2.05, 4.69) is 5.32 Å². The minimum absolute atomic E-state index is 0.0266. The summed E-state index contributed by atoms with van der Waals surface area (Å²) in [4.78, 5) is 37.6. The number of hydrogen-bond donors (Lipinski definition) is 1. The molecule has 2 saturated carbocycles. The molecule has 3 rings (SSSR count). The summed E-state index contributed by atoms with van der Waals surface area (Å²) in [7, 11) is 0. The van der Waals surface area contributed by atoms with Crippen LogP contribution < -0.4 is 5.32 Å². The molecule has 0 aromatic carbocycles. The summed E-state index contributed by atoms with van der Waals surface area (Å²) in [6.07, 6.45) is 5.68. The number of nitrogens with one attached hydrogen (secondary N) is 1. The number of rotatable bonds is 3. The molecule has 2 aliphatic carbocycles. The van der Waals surface area contributed by atoms with Crippen molar-refractivity contribution in [1.82, 2.24) is 10.2 Å². The fraction of sp³-hybridized carbons (Fsp3) is 0.786. The molecule has 4 unspecified atom stereocenters. The van der Waals surface area contributed by atoms with E-state index in [1.54, 1.807) is 0 Å². The number of barbiturate groups is 1. The third kappa shape index (κ3) is 1.95. The second-order valence-electron chi connectivity index (χ2n) is 6.09. The van der Waals surface area contributed by atoms with E-state index in [-0.39, 0.29) is 11.9 Å². The van der Waals surface area contributed by atoms with Gasteiger partial charge in [-0.25, -0.2) is 4.79 Å². The van der Waals surface area contributed by atoms with Crippen LogP contribution in [0.3, 0.4) is 0 Å². The summed E-state index contributed by atoms with van der Waals surface area (Å²) in [6, 6.07) is -0.474. The van der Waals surface area contributed by atoms with Crippen molar-refractivity contribution >= 4 is 17.8 Å². The van der Waals surface area contributed by atoms with Gasteiger partial charge < -0.3 is 0 Å². The van der Waals surface area contributed by atoms with Crippen LogP contribution in [0.25, 0.3) is 0 Å². The lowest BCUT2D eigenvalue weighted by atomic mass is 9.91. The van der Waals surface area contributed by atoms with Gasteiger partial charge in [-0.2, -0.15) is 0 Å². The van der Waals surface area contributed by atoms with E-state index < -0.39 is 17.9 Å². The number of fused-ring (bicyclic) bond motifs is 2. The number of carbonyl (C=O) groups excluding carboxylic acids is 3. The van der Waals surface area contributed by atoms with Crippen molar-refractivity contribution in [2.24, 2.45) is 17.8 Å². The fourth-order valence-corrected chi connectivity index (χ4v) is 4.02. The highest BCUT2D eigenvalue weighted by Crippen LogP contribution is 2.47. The van der Waals surface area contributed by atoms with Crippen molar-refractivity contribution in [2.45, 2.75) is 51.5 Å². The minimum atomic E-state index is -0.665. The van der Waals surface area contributed by atoms with Crippen molar-refractivity contribution in [2.75, 3.05) is 0 Å². The molecule has 4 amide bonds. The van der Waals surface area contributed by atoms with Crippen LogP contribution in [0.5, 0.6) is 0 Å². The fourth-order valence-electron chi connectivity index (χ4n) is 4.02. The molecule has 5 nitrogen and oxygen atoms in total. The topological polar surface area (TPSA) is 66.5 Å². The van der Waals surface area contributed by atoms with E-state index in [9.17, 15) is 14.4 Å². The van der Waals surface area contributed by atoms with Crippen LogP contribution in [0, 0.1) is 17.8 Å². The third-order valence-electron chi connectivity index (χ3n) is 4.91. The SMILES string of the molecule is CCCC1C(=O)NC(=O)N(C2CC3CCC2C3)C1=O. The Morgan fingerprint density at radius 3 is 2.58 bits per heavy atom. The van der Waals surface area contributed by atoms with Crippen LogP contribution in [0.2, 0.25) is 0 Å². The molecular formula is C14H20N2O3. The highest BCUT2D eigenvalue weighted by atomic mass is 16.2. The van der Waals surface area contributed by atoms with Crippen molar-refractivity contribution in [1.29, 1.82) is 0 Å². The Kier molecular flexibility index (Phi) is 3.07. The van der Waals surface area contributed by atoms with Crippen LogP contribution in [0.1, 0.15) is 45.4 Å². The van der Waals surface area contributed by atoms with E-state index in [1.807, 2.05) is 6.92 Å². The van der Waals surface area contributed by atoms with Gasteiger partial charge in [0.1, 0.15) is 5.92 Å². The molecule has 0 aromatic rings. The second-order valence-corrected chi connectivity index (χ2v) is 6.09. The number of carbonyl (C=O) groups is 3. The van der Waals surface area contributed by atoms with Crippen molar-refractivity contribution in [3.8, 4) is 0 Å². The van der Waals surface area contributed by atoms with Crippen LogP contribution >= 0.6 is 0 Å². The molecule has 1 saturated heterocycles. The summed E-state index contributed by atoms with van der Waals surface area (Å²) in [5.41, 5.74) is 0. The molecule has 2 bridgehead atoms. The third-order valence-corrected chi connectivity index (χ3v) is 4.91. The standard InChI is InChI=1S/C14H20N2O3/c1-2-3-10-12(17)15-14(19)16(13(10)18)11-7-8-4-5-9(11)6-8/h8-11H,2-7H2,1H3,(H,15,17,19). The zero-order chi connectivity index (χ0) is 13.6. The maximum atomic E-state index is 12.4. The highest BCUT2D eigenvalue weighted by molar-refractivity contribution is 6.16. The highest BCUT2D eigenvalue weighted by Gasteiger charge is 2.50. The van der Waals surface area contributed by atoms with Crippen LogP contribution in [0.15, 0.2) is 0 Å². The Hall–Kier alpha value is -1.39. The smallest absolute Gasteiger partial charge is 0.277 e. The molecule has 3 aliphatic rings. The van der Waals surface area contributed by atoms with Gasteiger partial charge in [-0.15, -0.1) is 0 Å². The Morgan fingerprint density at radius 2 is 2.00 bits per heavy atom. The van der Waals surface area contributed by atoms with Gasteiger partial charge in [-0.1, -0.05) is 19.8 Å². The second kappa shape index (κ2) is 4.62. The number of hydrogen-bond acceptors (Lipinski definition) is 3. The first-order valence-corrected chi connectivity index (χ1v) is 7.29. The van der Waals surface area contributed by atoms with E-state index >= 15 is 0 Å². The molecule has 0 radical (unpaired) electrons. The maximum Gasteiger partial charge on any atom is 0.331 e. The monoisotopic (exact) mass is 264 g/mol. The Labute approximate surface area is 112 Å². The van der Waals surface area contributed by atoms with Crippen molar-refractivity contribution < 1.29 is 14.4 Å². The summed E-state index contributed by atoms with van der Waals surface area (Å²) in [6.45, 7) is 1.94.